The number of carbonyl (C=O) groups is 3. The van der Waals surface area contributed by atoms with Crippen LogP contribution in [-0.2, 0) is 4.79 Å². The average molecular weight is 351 g/mol. The van der Waals surface area contributed by atoms with Crippen LogP contribution < -0.4 is 5.32 Å². The zero-order valence-corrected chi connectivity index (χ0v) is 14.7. The predicted molar refractivity (Wildman–Crippen MR) is 95.8 cm³/mol. The number of hydrogen-bond donors (Lipinski definition) is 2. The molecule has 2 N–H and O–H groups in total. The molecule has 3 fully saturated rings. The summed E-state index contributed by atoms with van der Waals surface area (Å²) in [6.45, 7) is 1.65. The normalized spacial score (nSPS) is 22.1. The van der Waals surface area contributed by atoms with Crippen LogP contribution in [0.5, 0.6) is 0 Å². The van der Waals surface area contributed by atoms with Crippen molar-refractivity contribution in [3.05, 3.63) is 35.5 Å². The number of aryl methyl sites for hydroxylation is 1. The molecule has 2 heterocycles. The second kappa shape index (κ2) is 5.19. The van der Waals surface area contributed by atoms with Crippen molar-refractivity contribution < 1.29 is 14.4 Å². The fourth-order valence-corrected chi connectivity index (χ4v) is 4.58. The number of benzene rings is 1. The highest BCUT2D eigenvalue weighted by Crippen LogP contribution is 2.54. The van der Waals surface area contributed by atoms with Crippen molar-refractivity contribution in [1.82, 2.24) is 15.2 Å². The van der Waals surface area contributed by atoms with Gasteiger partial charge in [-0.2, -0.15) is 0 Å². The van der Waals surface area contributed by atoms with Gasteiger partial charge >= 0.3 is 6.03 Å². The Balaban J connectivity index is 1.45. The van der Waals surface area contributed by atoms with Crippen LogP contribution in [0.1, 0.15) is 41.7 Å². The van der Waals surface area contributed by atoms with Crippen LogP contribution in [0.2, 0.25) is 0 Å². The lowest BCUT2D eigenvalue weighted by atomic mass is 9.87. The van der Waals surface area contributed by atoms with Gasteiger partial charge < -0.3 is 10.3 Å². The summed E-state index contributed by atoms with van der Waals surface area (Å²) < 4.78 is 0. The first-order chi connectivity index (χ1) is 12.5. The first-order valence-electron chi connectivity index (χ1n) is 9.27. The number of urea groups is 1. The zero-order valence-electron chi connectivity index (χ0n) is 14.7. The van der Waals surface area contributed by atoms with Crippen molar-refractivity contribution in [3.8, 4) is 0 Å². The minimum atomic E-state index is -0.743. The van der Waals surface area contributed by atoms with Crippen molar-refractivity contribution in [2.24, 2.45) is 11.8 Å². The van der Waals surface area contributed by atoms with Gasteiger partial charge in [0.2, 0.25) is 0 Å². The molecule has 134 valence electrons. The summed E-state index contributed by atoms with van der Waals surface area (Å²) in [6, 6.07) is 7.17. The third-order valence-electron chi connectivity index (χ3n) is 6.07. The Kier molecular flexibility index (Phi) is 3.12. The van der Waals surface area contributed by atoms with E-state index in [-0.39, 0.29) is 30.1 Å². The van der Waals surface area contributed by atoms with E-state index >= 15 is 0 Å². The number of rotatable bonds is 5. The number of hydrogen-bond acceptors (Lipinski definition) is 3. The van der Waals surface area contributed by atoms with E-state index in [4.69, 9.17) is 0 Å². The molecule has 3 aliphatic rings. The number of ketones is 1. The van der Waals surface area contributed by atoms with E-state index in [0.717, 1.165) is 47.2 Å². The molecule has 0 bridgehead atoms. The molecule has 2 aromatic rings. The number of fused-ring (bicyclic) bond motifs is 1. The second-order valence-corrected chi connectivity index (χ2v) is 7.83. The fourth-order valence-electron chi connectivity index (χ4n) is 4.58. The monoisotopic (exact) mass is 351 g/mol. The van der Waals surface area contributed by atoms with Crippen LogP contribution in [0.3, 0.4) is 0 Å². The topological polar surface area (TPSA) is 82.3 Å². The van der Waals surface area contributed by atoms with E-state index in [0.29, 0.717) is 5.56 Å². The van der Waals surface area contributed by atoms with Crippen LogP contribution in [0.4, 0.5) is 4.79 Å². The molecular formula is C20H21N3O3. The highest BCUT2D eigenvalue weighted by atomic mass is 16.2. The van der Waals surface area contributed by atoms with Gasteiger partial charge in [-0.1, -0.05) is 18.2 Å². The number of para-hydroxylation sites is 1. The van der Waals surface area contributed by atoms with E-state index in [2.05, 4.69) is 10.3 Å². The van der Waals surface area contributed by atoms with Crippen molar-refractivity contribution in [1.29, 1.82) is 0 Å². The van der Waals surface area contributed by atoms with Gasteiger partial charge in [0.25, 0.3) is 5.91 Å². The second-order valence-electron chi connectivity index (χ2n) is 7.83. The van der Waals surface area contributed by atoms with Gasteiger partial charge in [0.1, 0.15) is 5.54 Å². The molecule has 3 amide bonds. The van der Waals surface area contributed by atoms with Crippen LogP contribution in [-0.4, -0.2) is 39.7 Å². The van der Waals surface area contributed by atoms with E-state index < -0.39 is 11.6 Å². The Labute approximate surface area is 150 Å². The first kappa shape index (κ1) is 15.6. The SMILES string of the molecule is Cc1[nH]c2ccccc2c1C(=O)CN1C(=O)NC(C2CC2)(C2CC2)C1=O. The van der Waals surface area contributed by atoms with Crippen molar-refractivity contribution in [3.63, 3.8) is 0 Å². The molecule has 2 aliphatic carbocycles. The molecule has 0 unspecified atom stereocenters. The average Bonchev–Trinajstić information content (AvgIpc) is 3.52. The Morgan fingerprint density at radius 1 is 1.15 bits per heavy atom. The summed E-state index contributed by atoms with van der Waals surface area (Å²) in [5, 5.41) is 3.80. The van der Waals surface area contributed by atoms with E-state index in [1.54, 1.807) is 0 Å². The summed E-state index contributed by atoms with van der Waals surface area (Å²) in [6.07, 6.45) is 3.91. The summed E-state index contributed by atoms with van der Waals surface area (Å²) in [4.78, 5) is 43.0. The summed E-state index contributed by atoms with van der Waals surface area (Å²) in [7, 11) is 0. The Morgan fingerprint density at radius 3 is 2.46 bits per heavy atom. The highest BCUT2D eigenvalue weighted by molar-refractivity contribution is 6.15. The van der Waals surface area contributed by atoms with E-state index in [1.807, 2.05) is 31.2 Å². The molecule has 0 radical (unpaired) electrons. The third-order valence-corrected chi connectivity index (χ3v) is 6.07. The summed E-state index contributed by atoms with van der Waals surface area (Å²) >= 11 is 0. The predicted octanol–water partition coefficient (Wildman–Crippen LogP) is 2.77. The lowest BCUT2D eigenvalue weighted by Crippen LogP contribution is -2.51. The van der Waals surface area contributed by atoms with Gasteiger partial charge in [-0.15, -0.1) is 0 Å². The Hall–Kier alpha value is -2.63. The minimum Gasteiger partial charge on any atom is -0.358 e. The van der Waals surface area contributed by atoms with Crippen molar-refractivity contribution in [2.45, 2.75) is 38.1 Å². The standard InChI is InChI=1S/C20H21N3O3/c1-11-17(14-4-2-3-5-15(14)21-11)16(24)10-23-18(25)20(12-6-7-12,13-8-9-13)22-19(23)26/h2-5,12-13,21H,6-10H2,1H3,(H,22,26). The van der Waals surface area contributed by atoms with E-state index in [9.17, 15) is 14.4 Å². The maximum absolute atomic E-state index is 13.1. The smallest absolute Gasteiger partial charge is 0.325 e. The fraction of sp³-hybridized carbons (Fsp3) is 0.450. The van der Waals surface area contributed by atoms with Gasteiger partial charge in [-0.05, 0) is 50.5 Å². The number of aromatic amines is 1. The van der Waals surface area contributed by atoms with Gasteiger partial charge in [-0.3, -0.25) is 14.5 Å². The summed E-state index contributed by atoms with van der Waals surface area (Å²) in [5.41, 5.74) is 1.47. The van der Waals surface area contributed by atoms with Crippen LogP contribution >= 0.6 is 0 Å². The molecule has 0 atom stereocenters. The number of aromatic nitrogens is 1. The molecule has 1 aliphatic heterocycles. The largest absolute Gasteiger partial charge is 0.358 e. The molecule has 6 heteroatoms. The van der Waals surface area contributed by atoms with Crippen LogP contribution in [0.25, 0.3) is 10.9 Å². The van der Waals surface area contributed by atoms with Gasteiger partial charge in [0.15, 0.2) is 5.78 Å². The summed E-state index contributed by atoms with van der Waals surface area (Å²) in [5.74, 6) is 0.0759. The van der Waals surface area contributed by atoms with Crippen molar-refractivity contribution >= 4 is 28.6 Å². The molecule has 0 spiro atoms. The number of Topliss-reactive ketones (excluding diaryl/α,β-unsaturated/α-hetero) is 1. The number of imide groups is 1. The lowest BCUT2D eigenvalue weighted by molar-refractivity contribution is -0.132. The molecule has 1 aromatic carbocycles. The molecular weight excluding hydrogens is 330 g/mol. The van der Waals surface area contributed by atoms with E-state index in [1.165, 1.54) is 0 Å². The Morgan fingerprint density at radius 2 is 1.81 bits per heavy atom. The molecule has 26 heavy (non-hydrogen) atoms. The molecule has 1 aromatic heterocycles. The quantitative estimate of drug-likeness (QED) is 0.642. The van der Waals surface area contributed by atoms with Gasteiger partial charge in [0, 0.05) is 22.2 Å². The number of nitrogens with zero attached hydrogens (tertiary/aromatic N) is 1. The number of amides is 3. The van der Waals surface area contributed by atoms with Crippen LogP contribution in [0.15, 0.2) is 24.3 Å². The number of H-pyrrole nitrogens is 1. The number of carbonyl (C=O) groups excluding carboxylic acids is 3. The molecule has 6 nitrogen and oxygen atoms in total. The first-order valence-corrected chi connectivity index (χ1v) is 9.27. The Bertz CT molecular complexity index is 940. The molecule has 5 rings (SSSR count). The van der Waals surface area contributed by atoms with Gasteiger partial charge in [0.05, 0.1) is 6.54 Å². The zero-order chi connectivity index (χ0) is 18.1. The number of nitrogens with one attached hydrogen (secondary N) is 2. The highest BCUT2D eigenvalue weighted by Gasteiger charge is 2.65. The molecule has 2 saturated carbocycles. The molecule has 1 saturated heterocycles. The third kappa shape index (κ3) is 2.08. The maximum atomic E-state index is 13.1. The van der Waals surface area contributed by atoms with Crippen molar-refractivity contribution in [2.75, 3.05) is 6.54 Å². The van der Waals surface area contributed by atoms with Crippen LogP contribution in [0, 0.1) is 18.8 Å². The minimum absolute atomic E-state index is 0.196. The van der Waals surface area contributed by atoms with Gasteiger partial charge in [-0.25, -0.2) is 4.79 Å². The lowest BCUT2D eigenvalue weighted by Gasteiger charge is -2.26. The maximum Gasteiger partial charge on any atom is 0.325 e.